The number of ether oxygens (including phenoxy) is 1. The number of anilines is 1. The van der Waals surface area contributed by atoms with Crippen LogP contribution < -0.4 is 5.32 Å². The summed E-state index contributed by atoms with van der Waals surface area (Å²) in [4.78, 5) is 29.2. The van der Waals surface area contributed by atoms with Gasteiger partial charge in [0.25, 0.3) is 5.91 Å². The number of rotatable bonds is 8. The third-order valence-corrected chi connectivity index (χ3v) is 4.99. The van der Waals surface area contributed by atoms with Crippen LogP contribution in [0.5, 0.6) is 0 Å². The second-order valence-electron chi connectivity index (χ2n) is 9.21. The molecular weight excluding hydrogens is 459 g/mol. The molecule has 0 aliphatic rings. The van der Waals surface area contributed by atoms with Gasteiger partial charge in [0.05, 0.1) is 18.5 Å². The maximum absolute atomic E-state index is 12.7. The fourth-order valence-corrected chi connectivity index (χ4v) is 3.25. The van der Waals surface area contributed by atoms with Crippen molar-refractivity contribution in [1.82, 2.24) is 0 Å². The highest BCUT2D eigenvalue weighted by molar-refractivity contribution is 6.06. The smallest absolute Gasteiger partial charge is 0.416 e. The van der Waals surface area contributed by atoms with Crippen LogP contribution in [0.1, 0.15) is 62.5 Å². The maximum Gasteiger partial charge on any atom is 0.416 e. The van der Waals surface area contributed by atoms with Gasteiger partial charge in [-0.15, -0.1) is 0 Å². The maximum atomic E-state index is 12.7. The molecule has 2 N–H and O–H groups in total. The number of halogens is 3. The second kappa shape index (κ2) is 11.3. The van der Waals surface area contributed by atoms with E-state index in [0.717, 1.165) is 29.8 Å². The van der Waals surface area contributed by atoms with Gasteiger partial charge in [0.2, 0.25) is 0 Å². The summed E-state index contributed by atoms with van der Waals surface area (Å²) in [5.74, 6) is -1.42. The van der Waals surface area contributed by atoms with Gasteiger partial charge in [-0.3, -0.25) is 14.6 Å². The molecule has 0 aromatic heterocycles. The van der Waals surface area contributed by atoms with Crippen LogP contribution in [0.15, 0.2) is 53.5 Å². The van der Waals surface area contributed by atoms with E-state index in [2.05, 4.69) is 10.3 Å². The summed E-state index contributed by atoms with van der Waals surface area (Å²) in [7, 11) is 0. The molecule has 188 valence electrons. The normalized spacial score (nSPS) is 13.2. The van der Waals surface area contributed by atoms with Gasteiger partial charge in [0.15, 0.2) is 0 Å². The second-order valence-corrected chi connectivity index (χ2v) is 9.21. The first-order valence-electron chi connectivity index (χ1n) is 11.0. The molecule has 1 amide bonds. The number of esters is 1. The van der Waals surface area contributed by atoms with Gasteiger partial charge in [0.1, 0.15) is 5.60 Å². The van der Waals surface area contributed by atoms with Crippen molar-refractivity contribution in [3.63, 3.8) is 0 Å². The van der Waals surface area contributed by atoms with Crippen molar-refractivity contribution in [2.45, 2.75) is 59.4 Å². The van der Waals surface area contributed by atoms with Gasteiger partial charge in [-0.25, -0.2) is 0 Å². The van der Waals surface area contributed by atoms with Crippen molar-refractivity contribution in [3.8, 4) is 0 Å². The Bertz CT molecular complexity index is 1100. The summed E-state index contributed by atoms with van der Waals surface area (Å²) in [5.41, 5.74) is 0.811. The van der Waals surface area contributed by atoms with E-state index < -0.39 is 35.1 Å². The third-order valence-electron chi connectivity index (χ3n) is 4.99. The van der Waals surface area contributed by atoms with Crippen molar-refractivity contribution in [2.75, 3.05) is 5.32 Å². The quantitative estimate of drug-likeness (QED) is 0.336. The Labute approximate surface area is 203 Å². The molecule has 2 aromatic rings. The first-order valence-corrected chi connectivity index (χ1v) is 11.0. The molecule has 0 spiro atoms. The Morgan fingerprint density at radius 3 is 2.23 bits per heavy atom. The van der Waals surface area contributed by atoms with E-state index in [1.165, 1.54) is 0 Å². The van der Waals surface area contributed by atoms with Crippen LogP contribution in [0.4, 0.5) is 18.9 Å². The summed E-state index contributed by atoms with van der Waals surface area (Å²) in [5, 5.41) is 10.7. The van der Waals surface area contributed by atoms with E-state index >= 15 is 0 Å². The topological polar surface area (TPSA) is 91.6 Å². The van der Waals surface area contributed by atoms with Crippen LogP contribution in [-0.4, -0.2) is 28.9 Å². The largest absolute Gasteiger partial charge is 0.460 e. The van der Waals surface area contributed by atoms with Crippen LogP contribution in [-0.2, 0) is 22.3 Å². The minimum atomic E-state index is -4.47. The fraction of sp³-hybridized carbons (Fsp3) is 0.385. The molecule has 35 heavy (non-hydrogen) atoms. The lowest BCUT2D eigenvalue weighted by Crippen LogP contribution is -2.29. The van der Waals surface area contributed by atoms with Crippen LogP contribution in [0.2, 0.25) is 0 Å². The molecule has 2 aromatic carbocycles. The number of nitrogens with zero attached hydrogens (tertiary/aromatic N) is 1. The summed E-state index contributed by atoms with van der Waals surface area (Å²) in [6.45, 7) is 8.97. The fourth-order valence-electron chi connectivity index (χ4n) is 3.25. The number of carbonyl (C=O) groups is 2. The van der Waals surface area contributed by atoms with Gasteiger partial charge in [-0.05, 0) is 76.6 Å². The average Bonchev–Trinajstić information content (AvgIpc) is 2.74. The molecule has 0 aliphatic carbocycles. The molecule has 9 heteroatoms. The number of nitrogens with one attached hydrogen (secondary N) is 2. The molecule has 0 saturated heterocycles. The Morgan fingerprint density at radius 1 is 1.06 bits per heavy atom. The molecular formula is C26H30F3N3O3. The lowest BCUT2D eigenvalue weighted by molar-refractivity contribution is -0.155. The van der Waals surface area contributed by atoms with E-state index in [1.54, 1.807) is 52.8 Å². The van der Waals surface area contributed by atoms with Crippen LogP contribution >= 0.6 is 0 Å². The van der Waals surface area contributed by atoms with Crippen molar-refractivity contribution < 1.29 is 27.5 Å². The SMILES string of the molecule is CC(=N)C(CC(=O)OC(C)(C)C)C(C)=NCc1cccc(NC(=O)c2ccc(C(F)(F)F)cc2)c1. The zero-order valence-corrected chi connectivity index (χ0v) is 20.4. The first kappa shape index (κ1) is 27.8. The Morgan fingerprint density at radius 2 is 1.69 bits per heavy atom. The molecule has 0 heterocycles. The van der Waals surface area contributed by atoms with Crippen molar-refractivity contribution in [2.24, 2.45) is 10.9 Å². The molecule has 0 saturated carbocycles. The predicted octanol–water partition coefficient (Wildman–Crippen LogP) is 6.31. The van der Waals surface area contributed by atoms with Crippen LogP contribution in [0.25, 0.3) is 0 Å². The molecule has 1 unspecified atom stereocenters. The number of carbonyl (C=O) groups excluding carboxylic acids is 2. The number of hydrogen-bond acceptors (Lipinski definition) is 5. The van der Waals surface area contributed by atoms with Gasteiger partial charge < -0.3 is 15.5 Å². The van der Waals surface area contributed by atoms with Gasteiger partial charge >= 0.3 is 12.1 Å². The summed E-state index contributed by atoms with van der Waals surface area (Å²) in [6, 6.07) is 10.9. The molecule has 6 nitrogen and oxygen atoms in total. The highest BCUT2D eigenvalue weighted by Crippen LogP contribution is 2.29. The molecule has 0 fully saturated rings. The van der Waals surface area contributed by atoms with E-state index in [9.17, 15) is 22.8 Å². The number of amides is 1. The van der Waals surface area contributed by atoms with Gasteiger partial charge in [0, 0.05) is 28.6 Å². The van der Waals surface area contributed by atoms with E-state index in [4.69, 9.17) is 10.1 Å². The monoisotopic (exact) mass is 489 g/mol. The minimum Gasteiger partial charge on any atom is -0.460 e. The summed E-state index contributed by atoms with van der Waals surface area (Å²) < 4.78 is 43.5. The number of aliphatic imine (C=N–C) groups is 1. The third kappa shape index (κ3) is 8.99. The lowest BCUT2D eigenvalue weighted by Gasteiger charge is -2.22. The van der Waals surface area contributed by atoms with Crippen molar-refractivity contribution in [1.29, 1.82) is 5.41 Å². The van der Waals surface area contributed by atoms with E-state index in [1.807, 2.05) is 6.07 Å². The van der Waals surface area contributed by atoms with Crippen molar-refractivity contribution in [3.05, 3.63) is 65.2 Å². The molecule has 1 atom stereocenters. The average molecular weight is 490 g/mol. The number of benzene rings is 2. The van der Waals surface area contributed by atoms with Crippen molar-refractivity contribution >= 4 is 29.0 Å². The predicted molar refractivity (Wildman–Crippen MR) is 130 cm³/mol. The highest BCUT2D eigenvalue weighted by Gasteiger charge is 2.30. The lowest BCUT2D eigenvalue weighted by atomic mass is 9.95. The van der Waals surface area contributed by atoms with E-state index in [-0.39, 0.29) is 18.5 Å². The molecule has 0 aliphatic heterocycles. The Hall–Kier alpha value is -3.49. The molecule has 0 bridgehead atoms. The molecule has 2 rings (SSSR count). The van der Waals surface area contributed by atoms with Crippen LogP contribution in [0.3, 0.4) is 0 Å². The van der Waals surface area contributed by atoms with Crippen LogP contribution in [0, 0.1) is 11.3 Å². The minimum absolute atomic E-state index is 0.0190. The zero-order valence-electron chi connectivity index (χ0n) is 20.4. The van der Waals surface area contributed by atoms with Gasteiger partial charge in [-0.1, -0.05) is 12.1 Å². The Balaban J connectivity index is 2.07. The summed E-state index contributed by atoms with van der Waals surface area (Å²) >= 11 is 0. The highest BCUT2D eigenvalue weighted by atomic mass is 19.4. The first-order chi connectivity index (χ1) is 16.2. The number of alkyl halides is 3. The molecule has 0 radical (unpaired) electrons. The summed E-state index contributed by atoms with van der Waals surface area (Å²) in [6.07, 6.45) is -4.45. The number of hydrogen-bond donors (Lipinski definition) is 2. The van der Waals surface area contributed by atoms with E-state index in [0.29, 0.717) is 17.1 Å². The standard InChI is InChI=1S/C26H30F3N3O3/c1-16(30)22(14-23(33)35-25(3,4)5)17(2)31-15-18-7-6-8-21(13-18)32-24(34)19-9-11-20(12-10-19)26(27,28)29/h6-13,22,30H,14-15H2,1-5H3,(H,32,34). The van der Waals surface area contributed by atoms with Gasteiger partial charge in [-0.2, -0.15) is 13.2 Å². The zero-order chi connectivity index (χ0) is 26.4. The Kier molecular flexibility index (Phi) is 8.95.